The van der Waals surface area contributed by atoms with Gasteiger partial charge in [-0.25, -0.2) is 0 Å². The summed E-state index contributed by atoms with van der Waals surface area (Å²) in [7, 11) is 0. The first-order valence-electron chi connectivity index (χ1n) is 7.56. The van der Waals surface area contributed by atoms with E-state index in [9.17, 15) is 9.59 Å². The Labute approximate surface area is 125 Å². The summed E-state index contributed by atoms with van der Waals surface area (Å²) in [6.45, 7) is 6.73. The maximum Gasteiger partial charge on any atom is 0.228 e. The Morgan fingerprint density at radius 2 is 1.95 bits per heavy atom. The summed E-state index contributed by atoms with van der Waals surface area (Å²) in [5.41, 5.74) is 1.93. The SMILES string of the molecule is CCN(CC)c1ccc(NC(=O)C2CCNC(=O)C2)cc1. The molecule has 1 aromatic carbocycles. The van der Waals surface area contributed by atoms with Crippen LogP contribution in [0, 0.1) is 5.92 Å². The third kappa shape index (κ3) is 3.97. The van der Waals surface area contributed by atoms with Crippen LogP contribution in [0.15, 0.2) is 24.3 Å². The Hall–Kier alpha value is -2.04. The predicted octanol–water partition coefficient (Wildman–Crippen LogP) is 2.00. The number of hydrogen-bond acceptors (Lipinski definition) is 3. The number of carbonyl (C=O) groups is 2. The van der Waals surface area contributed by atoms with Crippen molar-refractivity contribution < 1.29 is 9.59 Å². The molecular weight excluding hydrogens is 266 g/mol. The minimum Gasteiger partial charge on any atom is -0.372 e. The molecule has 0 aliphatic carbocycles. The summed E-state index contributed by atoms with van der Waals surface area (Å²) < 4.78 is 0. The molecule has 1 fully saturated rings. The predicted molar refractivity (Wildman–Crippen MR) is 84.4 cm³/mol. The van der Waals surface area contributed by atoms with Crippen molar-refractivity contribution in [3.05, 3.63) is 24.3 Å². The van der Waals surface area contributed by atoms with Crippen LogP contribution in [0.2, 0.25) is 0 Å². The maximum absolute atomic E-state index is 12.1. The molecule has 1 aromatic rings. The molecule has 1 aliphatic heterocycles. The molecule has 5 heteroatoms. The lowest BCUT2D eigenvalue weighted by molar-refractivity contribution is -0.129. The minimum atomic E-state index is -0.221. The van der Waals surface area contributed by atoms with Gasteiger partial charge in [0.2, 0.25) is 11.8 Å². The molecule has 1 heterocycles. The number of nitrogens with zero attached hydrogens (tertiary/aromatic N) is 1. The van der Waals surface area contributed by atoms with Crippen molar-refractivity contribution >= 4 is 23.2 Å². The highest BCUT2D eigenvalue weighted by atomic mass is 16.2. The van der Waals surface area contributed by atoms with Crippen LogP contribution in [0.25, 0.3) is 0 Å². The van der Waals surface area contributed by atoms with Gasteiger partial charge >= 0.3 is 0 Å². The van der Waals surface area contributed by atoms with E-state index in [1.54, 1.807) is 0 Å². The van der Waals surface area contributed by atoms with E-state index in [1.165, 1.54) is 0 Å². The number of hydrogen-bond donors (Lipinski definition) is 2. The molecule has 114 valence electrons. The topological polar surface area (TPSA) is 61.4 Å². The Morgan fingerprint density at radius 3 is 2.52 bits per heavy atom. The third-order valence-corrected chi connectivity index (χ3v) is 3.88. The van der Waals surface area contributed by atoms with Crippen LogP contribution in [-0.2, 0) is 9.59 Å². The summed E-state index contributed by atoms with van der Waals surface area (Å²) in [6, 6.07) is 7.84. The van der Waals surface area contributed by atoms with Crippen molar-refractivity contribution in [2.45, 2.75) is 26.7 Å². The molecule has 1 aliphatic rings. The van der Waals surface area contributed by atoms with E-state index < -0.39 is 0 Å². The fourth-order valence-corrected chi connectivity index (χ4v) is 2.60. The first kappa shape index (κ1) is 15.4. The average molecular weight is 289 g/mol. The van der Waals surface area contributed by atoms with Crippen molar-refractivity contribution in [2.75, 3.05) is 29.9 Å². The summed E-state index contributed by atoms with van der Waals surface area (Å²) in [4.78, 5) is 25.7. The molecule has 2 amide bonds. The maximum atomic E-state index is 12.1. The Bertz CT molecular complexity index is 495. The molecule has 21 heavy (non-hydrogen) atoms. The lowest BCUT2D eigenvalue weighted by Gasteiger charge is -2.22. The second kappa shape index (κ2) is 7.11. The van der Waals surface area contributed by atoms with Crippen LogP contribution in [0.4, 0.5) is 11.4 Å². The molecule has 2 rings (SSSR count). The third-order valence-electron chi connectivity index (χ3n) is 3.88. The number of benzene rings is 1. The van der Waals surface area contributed by atoms with Gasteiger partial charge in [-0.15, -0.1) is 0 Å². The van der Waals surface area contributed by atoms with Gasteiger partial charge in [-0.1, -0.05) is 0 Å². The van der Waals surface area contributed by atoms with Crippen molar-refractivity contribution in [1.29, 1.82) is 0 Å². The summed E-state index contributed by atoms with van der Waals surface area (Å²) in [6.07, 6.45) is 0.985. The standard InChI is InChI=1S/C16H23N3O2/c1-3-19(4-2)14-7-5-13(6-8-14)18-16(21)12-9-10-17-15(20)11-12/h5-8,12H,3-4,9-11H2,1-2H3,(H,17,20)(H,18,21). The first-order chi connectivity index (χ1) is 10.1. The van der Waals surface area contributed by atoms with Gasteiger partial charge in [-0.2, -0.15) is 0 Å². The van der Waals surface area contributed by atoms with Crippen LogP contribution >= 0.6 is 0 Å². The average Bonchev–Trinajstić information content (AvgIpc) is 2.50. The van der Waals surface area contributed by atoms with Gasteiger partial charge in [-0.05, 0) is 44.5 Å². The molecule has 0 saturated carbocycles. The number of amides is 2. The van der Waals surface area contributed by atoms with E-state index in [2.05, 4.69) is 29.4 Å². The smallest absolute Gasteiger partial charge is 0.228 e. The molecule has 1 saturated heterocycles. The van der Waals surface area contributed by atoms with E-state index in [-0.39, 0.29) is 24.2 Å². The zero-order valence-electron chi connectivity index (χ0n) is 12.7. The van der Waals surface area contributed by atoms with E-state index in [0.717, 1.165) is 24.5 Å². The number of anilines is 2. The van der Waals surface area contributed by atoms with Crippen molar-refractivity contribution in [2.24, 2.45) is 5.92 Å². The van der Waals surface area contributed by atoms with Gasteiger partial charge in [0.15, 0.2) is 0 Å². The highest BCUT2D eigenvalue weighted by Crippen LogP contribution is 2.20. The highest BCUT2D eigenvalue weighted by Gasteiger charge is 2.25. The van der Waals surface area contributed by atoms with Gasteiger partial charge in [0.1, 0.15) is 0 Å². The molecule has 0 spiro atoms. The summed E-state index contributed by atoms with van der Waals surface area (Å²) in [5, 5.41) is 5.64. The van der Waals surface area contributed by atoms with Crippen LogP contribution in [-0.4, -0.2) is 31.4 Å². The zero-order chi connectivity index (χ0) is 15.2. The van der Waals surface area contributed by atoms with E-state index >= 15 is 0 Å². The zero-order valence-corrected chi connectivity index (χ0v) is 12.7. The number of nitrogens with one attached hydrogen (secondary N) is 2. The van der Waals surface area contributed by atoms with Gasteiger partial charge < -0.3 is 15.5 Å². The first-order valence-corrected chi connectivity index (χ1v) is 7.56. The summed E-state index contributed by atoms with van der Waals surface area (Å²) in [5.74, 6) is -0.333. The summed E-state index contributed by atoms with van der Waals surface area (Å²) >= 11 is 0. The Morgan fingerprint density at radius 1 is 1.29 bits per heavy atom. The normalized spacial score (nSPS) is 18.0. The molecule has 0 aromatic heterocycles. The van der Waals surface area contributed by atoms with Gasteiger partial charge in [0, 0.05) is 43.3 Å². The quantitative estimate of drug-likeness (QED) is 0.871. The number of piperidine rings is 1. The van der Waals surface area contributed by atoms with Crippen LogP contribution < -0.4 is 15.5 Å². The molecular formula is C16H23N3O2. The lowest BCUT2D eigenvalue weighted by Crippen LogP contribution is -2.38. The second-order valence-corrected chi connectivity index (χ2v) is 5.25. The van der Waals surface area contributed by atoms with Gasteiger partial charge in [0.25, 0.3) is 0 Å². The molecule has 2 N–H and O–H groups in total. The Balaban J connectivity index is 1.96. The van der Waals surface area contributed by atoms with Gasteiger partial charge in [0.05, 0.1) is 0 Å². The van der Waals surface area contributed by atoms with E-state index in [1.807, 2.05) is 24.3 Å². The van der Waals surface area contributed by atoms with Crippen LogP contribution in [0.3, 0.4) is 0 Å². The second-order valence-electron chi connectivity index (χ2n) is 5.25. The molecule has 0 radical (unpaired) electrons. The van der Waals surface area contributed by atoms with Crippen molar-refractivity contribution in [3.63, 3.8) is 0 Å². The highest BCUT2D eigenvalue weighted by molar-refractivity contribution is 5.95. The minimum absolute atomic E-state index is 0.0433. The fraction of sp³-hybridized carbons (Fsp3) is 0.500. The molecule has 1 atom stereocenters. The van der Waals surface area contributed by atoms with E-state index in [0.29, 0.717) is 13.0 Å². The fourth-order valence-electron chi connectivity index (χ4n) is 2.60. The van der Waals surface area contributed by atoms with Crippen molar-refractivity contribution in [3.8, 4) is 0 Å². The number of carbonyl (C=O) groups excluding carboxylic acids is 2. The largest absolute Gasteiger partial charge is 0.372 e. The monoisotopic (exact) mass is 289 g/mol. The molecule has 0 bridgehead atoms. The van der Waals surface area contributed by atoms with Crippen molar-refractivity contribution in [1.82, 2.24) is 5.32 Å². The molecule has 1 unspecified atom stereocenters. The lowest BCUT2D eigenvalue weighted by atomic mass is 9.96. The van der Waals surface area contributed by atoms with E-state index in [4.69, 9.17) is 0 Å². The van der Waals surface area contributed by atoms with Crippen LogP contribution in [0.5, 0.6) is 0 Å². The molecule has 5 nitrogen and oxygen atoms in total. The number of rotatable bonds is 5. The van der Waals surface area contributed by atoms with Crippen LogP contribution in [0.1, 0.15) is 26.7 Å². The Kier molecular flexibility index (Phi) is 5.20. The van der Waals surface area contributed by atoms with Gasteiger partial charge in [-0.3, -0.25) is 9.59 Å².